The highest BCUT2D eigenvalue weighted by molar-refractivity contribution is 9.10. The number of nitro groups is 1. The minimum Gasteiger partial charge on any atom is -0.353 e. The number of amides is 1. The van der Waals surface area contributed by atoms with Crippen molar-refractivity contribution >= 4 is 78.7 Å². The predicted octanol–water partition coefficient (Wildman–Crippen LogP) is 6.89. The first-order chi connectivity index (χ1) is 20.2. The van der Waals surface area contributed by atoms with Gasteiger partial charge in [-0.1, -0.05) is 75.5 Å². The van der Waals surface area contributed by atoms with E-state index in [1.54, 1.807) is 42.5 Å². The van der Waals surface area contributed by atoms with E-state index in [9.17, 15) is 19.7 Å². The number of fused-ring (bicyclic) bond motifs is 1. The van der Waals surface area contributed by atoms with Crippen molar-refractivity contribution in [2.45, 2.75) is 6.42 Å². The quantitative estimate of drug-likeness (QED) is 0.115. The standard InChI is InChI=1S/C29H21BrCl2N6O4/c30-18-12-13-23-19(15-18)29(40)37(33-16-27(39)35-24-10-3-4-11-25(24)38(41)42)26(34-23)14-17-6-1-2-9-22(17)36-28-20(31)7-5-8-21(28)32/h1-13,15,33,36H,14,16H2,(H,35,39). The van der Waals surface area contributed by atoms with Crippen LogP contribution < -0.4 is 21.6 Å². The number of carbonyl (C=O) groups excluding carboxylic acids is 1. The van der Waals surface area contributed by atoms with Crippen molar-refractivity contribution in [2.24, 2.45) is 0 Å². The number of carbonyl (C=O) groups is 1. The zero-order chi connectivity index (χ0) is 29.8. The molecule has 0 unspecified atom stereocenters. The molecular weight excluding hydrogens is 647 g/mol. The Morgan fingerprint density at radius 3 is 2.38 bits per heavy atom. The molecule has 0 fully saturated rings. The number of nitrogens with one attached hydrogen (secondary N) is 3. The van der Waals surface area contributed by atoms with E-state index in [-0.39, 0.29) is 24.3 Å². The van der Waals surface area contributed by atoms with Gasteiger partial charge in [-0.15, -0.1) is 0 Å². The van der Waals surface area contributed by atoms with Gasteiger partial charge in [0.1, 0.15) is 18.1 Å². The largest absolute Gasteiger partial charge is 0.353 e. The normalized spacial score (nSPS) is 10.8. The van der Waals surface area contributed by atoms with Crippen LogP contribution in [0.15, 0.2) is 94.2 Å². The molecule has 0 aliphatic carbocycles. The molecule has 5 aromatic rings. The molecule has 3 N–H and O–H groups in total. The van der Waals surface area contributed by atoms with E-state index >= 15 is 0 Å². The average molecular weight is 668 g/mol. The fraction of sp³-hybridized carbons (Fsp3) is 0.0690. The van der Waals surface area contributed by atoms with Crippen LogP contribution in [0.2, 0.25) is 10.0 Å². The summed E-state index contributed by atoms with van der Waals surface area (Å²) in [4.78, 5) is 41.9. The Morgan fingerprint density at radius 2 is 1.64 bits per heavy atom. The highest BCUT2D eigenvalue weighted by atomic mass is 79.9. The second-order valence-electron chi connectivity index (χ2n) is 9.04. The molecule has 42 heavy (non-hydrogen) atoms. The molecule has 4 aromatic carbocycles. The fourth-order valence-electron chi connectivity index (χ4n) is 4.29. The van der Waals surface area contributed by atoms with Crippen LogP contribution in [0.25, 0.3) is 10.9 Å². The number of nitro benzene ring substituents is 1. The SMILES string of the molecule is O=C(CNn1c(Cc2ccccc2Nc2c(Cl)cccc2Cl)nc2ccc(Br)cc2c1=O)Nc1ccccc1[N+](=O)[O-]. The lowest BCUT2D eigenvalue weighted by atomic mass is 10.1. The molecule has 212 valence electrons. The molecule has 0 saturated carbocycles. The average Bonchev–Trinajstić information content (AvgIpc) is 2.96. The summed E-state index contributed by atoms with van der Waals surface area (Å²) in [6, 6.07) is 23.6. The summed E-state index contributed by atoms with van der Waals surface area (Å²) in [6.45, 7) is -0.366. The van der Waals surface area contributed by atoms with E-state index in [4.69, 9.17) is 28.2 Å². The van der Waals surface area contributed by atoms with Crippen LogP contribution in [-0.4, -0.2) is 27.0 Å². The molecule has 0 saturated heterocycles. The molecule has 0 radical (unpaired) electrons. The zero-order valence-corrected chi connectivity index (χ0v) is 24.7. The van der Waals surface area contributed by atoms with E-state index in [1.165, 1.54) is 22.9 Å². The molecule has 0 atom stereocenters. The van der Waals surface area contributed by atoms with E-state index in [1.807, 2.05) is 24.3 Å². The first-order valence-electron chi connectivity index (χ1n) is 12.5. The Bertz CT molecular complexity index is 1880. The van der Waals surface area contributed by atoms with E-state index in [0.29, 0.717) is 42.6 Å². The summed E-state index contributed by atoms with van der Waals surface area (Å²) in [5, 5.41) is 18.3. The Hall–Kier alpha value is -4.45. The van der Waals surface area contributed by atoms with E-state index in [0.717, 1.165) is 5.56 Å². The molecule has 0 aliphatic heterocycles. The third-order valence-corrected chi connectivity index (χ3v) is 7.38. The molecule has 1 aromatic heterocycles. The predicted molar refractivity (Wildman–Crippen MR) is 169 cm³/mol. The molecule has 0 aliphatic rings. The maximum atomic E-state index is 13.6. The van der Waals surface area contributed by atoms with Crippen LogP contribution in [0.3, 0.4) is 0 Å². The fourth-order valence-corrected chi connectivity index (χ4v) is 5.14. The number of halogens is 3. The van der Waals surface area contributed by atoms with Crippen molar-refractivity contribution in [3.63, 3.8) is 0 Å². The van der Waals surface area contributed by atoms with Crippen molar-refractivity contribution in [1.29, 1.82) is 0 Å². The molecular formula is C29H21BrCl2N6O4. The molecule has 5 rings (SSSR count). The maximum absolute atomic E-state index is 13.6. The van der Waals surface area contributed by atoms with Crippen LogP contribution in [0.1, 0.15) is 11.4 Å². The lowest BCUT2D eigenvalue weighted by molar-refractivity contribution is -0.383. The summed E-state index contributed by atoms with van der Waals surface area (Å²) in [6.07, 6.45) is 0.186. The number of aromatic nitrogens is 2. The van der Waals surface area contributed by atoms with Gasteiger partial charge in [0.25, 0.3) is 11.2 Å². The lowest BCUT2D eigenvalue weighted by Gasteiger charge is -2.18. The Balaban J connectivity index is 1.48. The van der Waals surface area contributed by atoms with Crippen LogP contribution in [0.4, 0.5) is 22.7 Å². The van der Waals surface area contributed by atoms with Crippen molar-refractivity contribution in [3.05, 3.63) is 131 Å². The van der Waals surface area contributed by atoms with Crippen molar-refractivity contribution in [2.75, 3.05) is 22.6 Å². The monoisotopic (exact) mass is 666 g/mol. The van der Waals surface area contributed by atoms with Crippen molar-refractivity contribution in [1.82, 2.24) is 9.66 Å². The highest BCUT2D eigenvalue weighted by Crippen LogP contribution is 2.34. The van der Waals surface area contributed by atoms with Crippen LogP contribution in [0.5, 0.6) is 0 Å². The molecule has 1 amide bonds. The van der Waals surface area contributed by atoms with Gasteiger partial charge in [0.15, 0.2) is 0 Å². The number of hydrogen-bond acceptors (Lipinski definition) is 7. The van der Waals surface area contributed by atoms with Crippen molar-refractivity contribution in [3.8, 4) is 0 Å². The number of benzene rings is 4. The molecule has 1 heterocycles. The minimum absolute atomic E-state index is 0.0423. The third kappa shape index (κ3) is 6.38. The van der Waals surface area contributed by atoms with Gasteiger partial charge in [0, 0.05) is 22.6 Å². The third-order valence-electron chi connectivity index (χ3n) is 6.26. The maximum Gasteiger partial charge on any atom is 0.292 e. The molecule has 10 nitrogen and oxygen atoms in total. The van der Waals surface area contributed by atoms with Crippen LogP contribution >= 0.6 is 39.1 Å². The van der Waals surface area contributed by atoms with Gasteiger partial charge in [0.05, 0.1) is 31.6 Å². The number of para-hydroxylation sites is 4. The molecule has 0 spiro atoms. The number of anilines is 3. The van der Waals surface area contributed by atoms with E-state index in [2.05, 4.69) is 32.0 Å². The summed E-state index contributed by atoms with van der Waals surface area (Å²) in [5.41, 5.74) is 4.70. The summed E-state index contributed by atoms with van der Waals surface area (Å²) in [7, 11) is 0. The van der Waals surface area contributed by atoms with Crippen molar-refractivity contribution < 1.29 is 9.72 Å². The zero-order valence-electron chi connectivity index (χ0n) is 21.6. The first kappa shape index (κ1) is 29.1. The van der Waals surface area contributed by atoms with E-state index < -0.39 is 16.4 Å². The summed E-state index contributed by atoms with van der Waals surface area (Å²) < 4.78 is 1.90. The van der Waals surface area contributed by atoms with Gasteiger partial charge in [-0.2, -0.15) is 0 Å². The van der Waals surface area contributed by atoms with Crippen LogP contribution in [0, 0.1) is 10.1 Å². The Labute approximate surface area is 257 Å². The summed E-state index contributed by atoms with van der Waals surface area (Å²) in [5.74, 6) is -0.264. The van der Waals surface area contributed by atoms with Gasteiger partial charge >= 0.3 is 0 Å². The van der Waals surface area contributed by atoms with Gasteiger partial charge in [0.2, 0.25) is 5.91 Å². The smallest absolute Gasteiger partial charge is 0.292 e. The Morgan fingerprint density at radius 1 is 0.952 bits per heavy atom. The molecule has 0 bridgehead atoms. The lowest BCUT2D eigenvalue weighted by Crippen LogP contribution is -2.37. The van der Waals surface area contributed by atoms with Gasteiger partial charge in [-0.3, -0.25) is 19.7 Å². The molecule has 13 heteroatoms. The number of rotatable bonds is 9. The highest BCUT2D eigenvalue weighted by Gasteiger charge is 2.18. The minimum atomic E-state index is -0.591. The van der Waals surface area contributed by atoms with Gasteiger partial charge in [-0.05, 0) is 48.0 Å². The number of hydrogen-bond donors (Lipinski definition) is 3. The van der Waals surface area contributed by atoms with Crippen LogP contribution in [-0.2, 0) is 11.2 Å². The first-order valence-corrected chi connectivity index (χ1v) is 14.0. The topological polar surface area (TPSA) is 131 Å². The van der Waals surface area contributed by atoms with Gasteiger partial charge in [-0.25, -0.2) is 9.66 Å². The number of nitrogens with zero attached hydrogens (tertiary/aromatic N) is 3. The van der Waals surface area contributed by atoms with Gasteiger partial charge < -0.3 is 16.1 Å². The second kappa shape index (κ2) is 12.6. The summed E-state index contributed by atoms with van der Waals surface area (Å²) >= 11 is 16.1. The second-order valence-corrected chi connectivity index (χ2v) is 10.8. The Kier molecular flexibility index (Phi) is 8.72.